The van der Waals surface area contributed by atoms with Gasteiger partial charge < -0.3 is 5.73 Å². The molecule has 1 nitrogen and oxygen atoms in total. The largest absolute Gasteiger partial charge is 0.330 e. The van der Waals surface area contributed by atoms with E-state index in [9.17, 15) is 13.2 Å². The zero-order valence-electron chi connectivity index (χ0n) is 11.0. The van der Waals surface area contributed by atoms with Gasteiger partial charge in [0.2, 0.25) is 0 Å². The van der Waals surface area contributed by atoms with Crippen LogP contribution < -0.4 is 5.73 Å². The van der Waals surface area contributed by atoms with Gasteiger partial charge in [-0.15, -0.1) is 0 Å². The summed E-state index contributed by atoms with van der Waals surface area (Å²) in [4.78, 5) is 0. The molecule has 0 aliphatic heterocycles. The molecule has 0 radical (unpaired) electrons. The zero-order chi connectivity index (χ0) is 14.5. The van der Waals surface area contributed by atoms with E-state index >= 15 is 0 Å². The van der Waals surface area contributed by atoms with Gasteiger partial charge in [-0.2, -0.15) is 0 Å². The minimum absolute atomic E-state index is 0.136. The van der Waals surface area contributed by atoms with E-state index in [1.807, 2.05) is 0 Å². The van der Waals surface area contributed by atoms with Gasteiger partial charge in [-0.3, -0.25) is 0 Å². The van der Waals surface area contributed by atoms with E-state index in [1.165, 1.54) is 18.2 Å². The highest BCUT2D eigenvalue weighted by Gasteiger charge is 2.15. The first-order chi connectivity index (χ1) is 9.61. The van der Waals surface area contributed by atoms with E-state index in [-0.39, 0.29) is 30.3 Å². The lowest BCUT2D eigenvalue weighted by atomic mass is 9.92. The van der Waals surface area contributed by atoms with Crippen LogP contribution in [0.1, 0.15) is 11.1 Å². The van der Waals surface area contributed by atoms with E-state index < -0.39 is 11.6 Å². The molecular formula is C16H16F3N. The van der Waals surface area contributed by atoms with Crippen molar-refractivity contribution in [3.8, 4) is 0 Å². The predicted molar refractivity (Wildman–Crippen MR) is 72.7 cm³/mol. The van der Waals surface area contributed by atoms with Crippen LogP contribution in [0, 0.1) is 23.4 Å². The number of hydrogen-bond acceptors (Lipinski definition) is 1. The lowest BCUT2D eigenvalue weighted by Crippen LogP contribution is -2.20. The highest BCUT2D eigenvalue weighted by atomic mass is 19.2. The van der Waals surface area contributed by atoms with Crippen molar-refractivity contribution in [2.75, 3.05) is 6.54 Å². The minimum Gasteiger partial charge on any atom is -0.330 e. The Morgan fingerprint density at radius 1 is 0.800 bits per heavy atom. The fourth-order valence-electron chi connectivity index (χ4n) is 2.23. The van der Waals surface area contributed by atoms with E-state index in [0.29, 0.717) is 12.0 Å². The lowest BCUT2D eigenvalue weighted by Gasteiger charge is -2.16. The normalized spacial score (nSPS) is 12.4. The molecular weight excluding hydrogens is 263 g/mol. The second-order valence-electron chi connectivity index (χ2n) is 4.81. The molecule has 2 aromatic rings. The molecule has 0 heterocycles. The fourth-order valence-corrected chi connectivity index (χ4v) is 2.23. The first-order valence-corrected chi connectivity index (χ1v) is 6.48. The van der Waals surface area contributed by atoms with Crippen molar-refractivity contribution in [1.29, 1.82) is 0 Å². The van der Waals surface area contributed by atoms with Gasteiger partial charge in [0, 0.05) is 0 Å². The maximum Gasteiger partial charge on any atom is 0.162 e. The third-order valence-corrected chi connectivity index (χ3v) is 3.34. The summed E-state index contributed by atoms with van der Waals surface area (Å²) in [5.41, 5.74) is 6.48. The molecule has 0 aliphatic rings. The van der Waals surface area contributed by atoms with E-state index in [2.05, 4.69) is 0 Å². The summed E-state index contributed by atoms with van der Waals surface area (Å²) < 4.78 is 40.4. The standard InChI is InChI=1S/C16H16F3N/c17-14-6-2-1-4-12(14)8-11(10-20)9-13-5-3-7-15(18)16(13)19/h1-7,11H,8-10,20H2. The molecule has 0 aliphatic carbocycles. The van der Waals surface area contributed by atoms with Crippen molar-refractivity contribution < 1.29 is 13.2 Å². The van der Waals surface area contributed by atoms with Crippen LogP contribution in [0.5, 0.6) is 0 Å². The molecule has 2 N–H and O–H groups in total. The average Bonchev–Trinajstić information content (AvgIpc) is 2.45. The average molecular weight is 279 g/mol. The summed E-state index contributed by atoms with van der Waals surface area (Å²) in [5, 5.41) is 0. The number of halogens is 3. The maximum absolute atomic E-state index is 13.6. The molecule has 0 saturated heterocycles. The molecule has 1 unspecified atom stereocenters. The van der Waals surface area contributed by atoms with Crippen LogP contribution in [0.25, 0.3) is 0 Å². The predicted octanol–water partition coefficient (Wildman–Crippen LogP) is 3.46. The van der Waals surface area contributed by atoms with Crippen molar-refractivity contribution in [3.63, 3.8) is 0 Å². The number of hydrogen-bond donors (Lipinski definition) is 1. The van der Waals surface area contributed by atoms with Crippen molar-refractivity contribution in [2.45, 2.75) is 12.8 Å². The smallest absolute Gasteiger partial charge is 0.162 e. The first-order valence-electron chi connectivity index (χ1n) is 6.48. The Morgan fingerprint density at radius 2 is 1.40 bits per heavy atom. The van der Waals surface area contributed by atoms with Crippen molar-refractivity contribution in [2.24, 2.45) is 11.7 Å². The zero-order valence-corrected chi connectivity index (χ0v) is 11.0. The third kappa shape index (κ3) is 3.39. The summed E-state index contributed by atoms with van der Waals surface area (Å²) in [6.07, 6.45) is 0.688. The molecule has 0 amide bonds. The van der Waals surface area contributed by atoms with Crippen LogP contribution in [0.4, 0.5) is 13.2 Å². The molecule has 4 heteroatoms. The van der Waals surface area contributed by atoms with Gasteiger partial charge in [-0.1, -0.05) is 30.3 Å². The Bertz CT molecular complexity index is 584. The van der Waals surface area contributed by atoms with Crippen LogP contribution in [-0.4, -0.2) is 6.54 Å². The Labute approximate surface area is 116 Å². The molecule has 1 atom stereocenters. The fraction of sp³-hybridized carbons (Fsp3) is 0.250. The van der Waals surface area contributed by atoms with Crippen LogP contribution in [0.2, 0.25) is 0 Å². The van der Waals surface area contributed by atoms with Crippen LogP contribution in [0.3, 0.4) is 0 Å². The molecule has 106 valence electrons. The summed E-state index contributed by atoms with van der Waals surface area (Å²) in [6.45, 7) is 0.282. The second kappa shape index (κ2) is 6.57. The molecule has 0 aromatic heterocycles. The van der Waals surface area contributed by atoms with E-state index in [4.69, 9.17) is 5.73 Å². The highest BCUT2D eigenvalue weighted by Crippen LogP contribution is 2.19. The van der Waals surface area contributed by atoms with Crippen LogP contribution >= 0.6 is 0 Å². The summed E-state index contributed by atoms with van der Waals surface area (Å²) in [5.74, 6) is -2.16. The van der Waals surface area contributed by atoms with Gasteiger partial charge in [0.15, 0.2) is 11.6 Å². The Balaban J connectivity index is 2.14. The molecule has 0 bridgehead atoms. The molecule has 2 rings (SSSR count). The van der Waals surface area contributed by atoms with Gasteiger partial charge in [-0.25, -0.2) is 13.2 Å². The van der Waals surface area contributed by atoms with Gasteiger partial charge in [0.1, 0.15) is 5.82 Å². The van der Waals surface area contributed by atoms with Gasteiger partial charge in [0.05, 0.1) is 0 Å². The van der Waals surface area contributed by atoms with Crippen LogP contribution in [-0.2, 0) is 12.8 Å². The minimum atomic E-state index is -0.871. The second-order valence-corrected chi connectivity index (χ2v) is 4.81. The monoisotopic (exact) mass is 279 g/mol. The topological polar surface area (TPSA) is 26.0 Å². The molecule has 20 heavy (non-hydrogen) atoms. The first kappa shape index (κ1) is 14.6. The van der Waals surface area contributed by atoms with Crippen molar-refractivity contribution in [1.82, 2.24) is 0 Å². The van der Waals surface area contributed by atoms with Crippen molar-refractivity contribution >= 4 is 0 Å². The summed E-state index contributed by atoms with van der Waals surface area (Å²) in [6, 6.07) is 10.5. The van der Waals surface area contributed by atoms with Crippen molar-refractivity contribution in [3.05, 3.63) is 71.0 Å². The lowest BCUT2D eigenvalue weighted by molar-refractivity contribution is 0.468. The summed E-state index contributed by atoms with van der Waals surface area (Å²) >= 11 is 0. The van der Waals surface area contributed by atoms with E-state index in [1.54, 1.807) is 18.2 Å². The van der Waals surface area contributed by atoms with E-state index in [0.717, 1.165) is 6.07 Å². The highest BCUT2D eigenvalue weighted by molar-refractivity contribution is 5.22. The molecule has 0 spiro atoms. The maximum atomic E-state index is 13.6. The third-order valence-electron chi connectivity index (χ3n) is 3.34. The van der Waals surface area contributed by atoms with Gasteiger partial charge >= 0.3 is 0 Å². The Hall–Kier alpha value is -1.81. The van der Waals surface area contributed by atoms with Gasteiger partial charge in [-0.05, 0) is 48.6 Å². The molecule has 0 fully saturated rings. The Kier molecular flexibility index (Phi) is 4.79. The van der Waals surface area contributed by atoms with Crippen LogP contribution in [0.15, 0.2) is 42.5 Å². The van der Waals surface area contributed by atoms with Gasteiger partial charge in [0.25, 0.3) is 0 Å². The quantitative estimate of drug-likeness (QED) is 0.891. The molecule has 0 saturated carbocycles. The molecule has 2 aromatic carbocycles. The number of nitrogens with two attached hydrogens (primary N) is 1. The Morgan fingerprint density at radius 3 is 2.10 bits per heavy atom. The number of benzene rings is 2. The summed E-state index contributed by atoms with van der Waals surface area (Å²) in [7, 11) is 0. The SMILES string of the molecule is NCC(Cc1ccccc1F)Cc1cccc(F)c1F. The number of rotatable bonds is 5.